The first kappa shape index (κ1) is 12.6. The van der Waals surface area contributed by atoms with Crippen LogP contribution in [0.3, 0.4) is 0 Å². The molecule has 1 aliphatic heterocycles. The molecule has 0 unspecified atom stereocenters. The fraction of sp³-hybridized carbons (Fsp3) is 0.357. The van der Waals surface area contributed by atoms with Gasteiger partial charge in [-0.3, -0.25) is 4.79 Å². The van der Waals surface area contributed by atoms with Gasteiger partial charge in [-0.25, -0.2) is 4.39 Å². The lowest BCUT2D eigenvalue weighted by atomic mass is 10.2. The van der Waals surface area contributed by atoms with E-state index in [1.807, 2.05) is 17.9 Å². The van der Waals surface area contributed by atoms with Crippen LogP contribution in [0.4, 0.5) is 10.1 Å². The van der Waals surface area contributed by atoms with Gasteiger partial charge in [-0.05, 0) is 25.1 Å². The van der Waals surface area contributed by atoms with Gasteiger partial charge >= 0.3 is 0 Å². The molecule has 1 fully saturated rings. The van der Waals surface area contributed by atoms with E-state index < -0.39 is 0 Å². The lowest BCUT2D eigenvalue weighted by Gasteiger charge is -2.35. The van der Waals surface area contributed by atoms with Gasteiger partial charge in [0.1, 0.15) is 5.82 Å². The van der Waals surface area contributed by atoms with Gasteiger partial charge in [-0.15, -0.1) is 0 Å². The number of carbonyl (C=O) groups is 1. The van der Waals surface area contributed by atoms with Crippen LogP contribution in [0.5, 0.6) is 0 Å². The number of nitrogens with zero attached hydrogens (tertiary/aromatic N) is 2. The Morgan fingerprint density at radius 1 is 1.22 bits per heavy atom. The minimum atomic E-state index is -0.203. The second kappa shape index (κ2) is 5.67. The van der Waals surface area contributed by atoms with Crippen LogP contribution in [0.25, 0.3) is 0 Å². The maximum atomic E-state index is 13.6. The highest BCUT2D eigenvalue weighted by molar-refractivity contribution is 5.87. The molecule has 0 N–H and O–H groups in total. The van der Waals surface area contributed by atoms with E-state index >= 15 is 0 Å². The molecule has 1 heterocycles. The molecular formula is C14H17FN2O. The van der Waals surface area contributed by atoms with E-state index in [2.05, 4.69) is 0 Å². The van der Waals surface area contributed by atoms with Crippen LogP contribution in [-0.2, 0) is 4.79 Å². The highest BCUT2D eigenvalue weighted by Gasteiger charge is 2.21. The van der Waals surface area contributed by atoms with Crippen molar-refractivity contribution in [1.29, 1.82) is 0 Å². The van der Waals surface area contributed by atoms with Gasteiger partial charge in [0.2, 0.25) is 5.91 Å². The zero-order valence-electron chi connectivity index (χ0n) is 10.5. The fourth-order valence-corrected chi connectivity index (χ4v) is 2.12. The molecule has 4 heteroatoms. The fourth-order valence-electron chi connectivity index (χ4n) is 2.12. The first-order valence-corrected chi connectivity index (χ1v) is 6.13. The lowest BCUT2D eigenvalue weighted by molar-refractivity contribution is -0.126. The summed E-state index contributed by atoms with van der Waals surface area (Å²) in [5.74, 6) is -0.170. The van der Waals surface area contributed by atoms with Crippen molar-refractivity contribution >= 4 is 11.6 Å². The molecule has 0 atom stereocenters. The molecule has 0 aliphatic carbocycles. The highest BCUT2D eigenvalue weighted by Crippen LogP contribution is 2.20. The standard InChI is InChI=1S/C14H17FN2O/c1-2-5-14(18)17-10-8-16(9-11-17)13-7-4-3-6-12(13)15/h2-7H,8-11H2,1H3/b5-2+. The Balaban J connectivity index is 1.99. The van der Waals surface area contributed by atoms with Gasteiger partial charge in [-0.1, -0.05) is 18.2 Å². The van der Waals surface area contributed by atoms with Crippen LogP contribution >= 0.6 is 0 Å². The van der Waals surface area contributed by atoms with E-state index in [1.54, 1.807) is 29.2 Å². The zero-order valence-corrected chi connectivity index (χ0v) is 10.5. The number of hydrogen-bond donors (Lipinski definition) is 0. The van der Waals surface area contributed by atoms with Gasteiger partial charge in [0.15, 0.2) is 0 Å². The molecule has 3 nitrogen and oxygen atoms in total. The van der Waals surface area contributed by atoms with Crippen molar-refractivity contribution in [3.63, 3.8) is 0 Å². The number of benzene rings is 1. The molecule has 0 aromatic heterocycles. The number of piperazine rings is 1. The second-order valence-electron chi connectivity index (χ2n) is 4.26. The van der Waals surface area contributed by atoms with Crippen molar-refractivity contribution in [1.82, 2.24) is 4.90 Å². The number of allylic oxidation sites excluding steroid dienone is 1. The maximum Gasteiger partial charge on any atom is 0.246 e. The maximum absolute atomic E-state index is 13.6. The molecule has 0 saturated carbocycles. The average Bonchev–Trinajstić information content (AvgIpc) is 2.40. The highest BCUT2D eigenvalue weighted by atomic mass is 19.1. The quantitative estimate of drug-likeness (QED) is 0.748. The summed E-state index contributed by atoms with van der Waals surface area (Å²) in [6, 6.07) is 6.76. The smallest absolute Gasteiger partial charge is 0.246 e. The summed E-state index contributed by atoms with van der Waals surface area (Å²) in [6.07, 6.45) is 3.31. The number of anilines is 1. The number of hydrogen-bond acceptors (Lipinski definition) is 2. The number of halogens is 1. The molecule has 1 saturated heterocycles. The SMILES string of the molecule is C/C=C/C(=O)N1CCN(c2ccccc2F)CC1. The van der Waals surface area contributed by atoms with Crippen molar-refractivity contribution in [3.05, 3.63) is 42.2 Å². The topological polar surface area (TPSA) is 23.6 Å². The largest absolute Gasteiger partial charge is 0.366 e. The molecule has 2 rings (SSSR count). The van der Waals surface area contributed by atoms with Crippen LogP contribution in [-0.4, -0.2) is 37.0 Å². The van der Waals surface area contributed by atoms with Gasteiger partial charge in [-0.2, -0.15) is 0 Å². The summed E-state index contributed by atoms with van der Waals surface area (Å²) in [5, 5.41) is 0. The van der Waals surface area contributed by atoms with Crippen molar-refractivity contribution in [3.8, 4) is 0 Å². The Morgan fingerprint density at radius 2 is 1.89 bits per heavy atom. The first-order valence-electron chi connectivity index (χ1n) is 6.13. The van der Waals surface area contributed by atoms with E-state index in [1.165, 1.54) is 6.07 Å². The van der Waals surface area contributed by atoms with E-state index in [4.69, 9.17) is 0 Å². The Bertz CT molecular complexity index is 451. The van der Waals surface area contributed by atoms with E-state index in [9.17, 15) is 9.18 Å². The van der Waals surface area contributed by atoms with Crippen LogP contribution in [0.2, 0.25) is 0 Å². The molecule has 0 radical (unpaired) electrons. The number of para-hydroxylation sites is 1. The van der Waals surface area contributed by atoms with E-state index in [0.29, 0.717) is 31.9 Å². The molecule has 1 aromatic carbocycles. The Kier molecular flexibility index (Phi) is 3.97. The van der Waals surface area contributed by atoms with E-state index in [-0.39, 0.29) is 11.7 Å². The van der Waals surface area contributed by atoms with Gasteiger partial charge in [0.05, 0.1) is 5.69 Å². The van der Waals surface area contributed by atoms with Crippen molar-refractivity contribution < 1.29 is 9.18 Å². The predicted molar refractivity (Wildman–Crippen MR) is 70.0 cm³/mol. The van der Waals surface area contributed by atoms with Gasteiger partial charge in [0.25, 0.3) is 0 Å². The minimum Gasteiger partial charge on any atom is -0.366 e. The van der Waals surface area contributed by atoms with Crippen LogP contribution < -0.4 is 4.90 Å². The monoisotopic (exact) mass is 248 g/mol. The normalized spacial score (nSPS) is 16.3. The number of carbonyl (C=O) groups excluding carboxylic acids is 1. The molecule has 1 aliphatic rings. The van der Waals surface area contributed by atoms with Crippen LogP contribution in [0, 0.1) is 5.82 Å². The summed E-state index contributed by atoms with van der Waals surface area (Å²) in [7, 11) is 0. The van der Waals surface area contributed by atoms with Crippen molar-refractivity contribution in [2.75, 3.05) is 31.1 Å². The Hall–Kier alpha value is -1.84. The second-order valence-corrected chi connectivity index (χ2v) is 4.26. The van der Waals surface area contributed by atoms with Gasteiger partial charge < -0.3 is 9.80 Å². The molecule has 0 spiro atoms. The summed E-state index contributed by atoms with van der Waals surface area (Å²) in [5.41, 5.74) is 0.621. The molecular weight excluding hydrogens is 231 g/mol. The van der Waals surface area contributed by atoms with Crippen molar-refractivity contribution in [2.24, 2.45) is 0 Å². The Labute approximate surface area is 107 Å². The van der Waals surface area contributed by atoms with Gasteiger partial charge in [0, 0.05) is 26.2 Å². The summed E-state index contributed by atoms with van der Waals surface area (Å²) in [4.78, 5) is 15.4. The molecule has 1 amide bonds. The summed E-state index contributed by atoms with van der Waals surface area (Å²) < 4.78 is 13.6. The summed E-state index contributed by atoms with van der Waals surface area (Å²) in [6.45, 7) is 4.44. The lowest BCUT2D eigenvalue weighted by Crippen LogP contribution is -2.48. The summed E-state index contributed by atoms with van der Waals surface area (Å²) >= 11 is 0. The van der Waals surface area contributed by atoms with Crippen LogP contribution in [0.1, 0.15) is 6.92 Å². The zero-order chi connectivity index (χ0) is 13.0. The predicted octanol–water partition coefficient (Wildman–Crippen LogP) is 2.05. The number of rotatable bonds is 2. The molecule has 0 bridgehead atoms. The molecule has 18 heavy (non-hydrogen) atoms. The third-order valence-electron chi connectivity index (χ3n) is 3.09. The molecule has 1 aromatic rings. The van der Waals surface area contributed by atoms with Crippen molar-refractivity contribution in [2.45, 2.75) is 6.92 Å². The third kappa shape index (κ3) is 2.70. The first-order chi connectivity index (χ1) is 8.72. The average molecular weight is 248 g/mol. The minimum absolute atomic E-state index is 0.0330. The molecule has 96 valence electrons. The third-order valence-corrected chi connectivity index (χ3v) is 3.09. The Morgan fingerprint density at radius 3 is 2.50 bits per heavy atom. The van der Waals surface area contributed by atoms with E-state index in [0.717, 1.165) is 0 Å². The van der Waals surface area contributed by atoms with Crippen LogP contribution in [0.15, 0.2) is 36.4 Å². The number of amides is 1.